The van der Waals surface area contributed by atoms with Gasteiger partial charge in [-0.05, 0) is 24.3 Å². The maximum absolute atomic E-state index is 12.2. The summed E-state index contributed by atoms with van der Waals surface area (Å²) in [6, 6.07) is 4.44. The minimum absolute atomic E-state index is 0.203. The molecule has 1 atom stereocenters. The summed E-state index contributed by atoms with van der Waals surface area (Å²) >= 11 is 0. The van der Waals surface area contributed by atoms with Crippen LogP contribution in [0, 0.1) is 0 Å². The van der Waals surface area contributed by atoms with Crippen molar-refractivity contribution in [3.8, 4) is 0 Å². The van der Waals surface area contributed by atoms with Crippen molar-refractivity contribution in [1.29, 1.82) is 0 Å². The largest absolute Gasteiger partial charge is 0.426 e. The second-order valence-electron chi connectivity index (χ2n) is 5.01. The van der Waals surface area contributed by atoms with Crippen molar-refractivity contribution in [1.82, 2.24) is 0 Å². The number of benzene rings is 1. The number of rotatable bonds is 13. The lowest BCUT2D eigenvalue weighted by molar-refractivity contribution is -0.226. The Hall–Kier alpha value is -1.46. The Morgan fingerprint density at radius 1 is 0.867 bits per heavy atom. The first-order valence-electron chi connectivity index (χ1n) is 7.09. The maximum Gasteiger partial charge on any atom is 0.426 e. The molecule has 174 valence electrons. The standard InChI is InChI=1S/C10H15NO15S4/c11-8-1-3-9(4-2-8)27(12,13)7-10(28(14,15)16)24-26-30(20,21)23-6-5-22-25-29(17,18)19/h1-4,10H,5-7,11H2,(H,14,15,16)(H,17,18,19). The van der Waals surface area contributed by atoms with Crippen molar-refractivity contribution in [2.75, 3.05) is 24.7 Å². The first-order chi connectivity index (χ1) is 13.5. The third-order valence-electron chi connectivity index (χ3n) is 2.69. The second kappa shape index (κ2) is 10.2. The van der Waals surface area contributed by atoms with Crippen molar-refractivity contribution in [2.45, 2.75) is 10.3 Å². The summed E-state index contributed by atoms with van der Waals surface area (Å²) in [5.41, 5.74) is 2.91. The van der Waals surface area contributed by atoms with Crippen molar-refractivity contribution < 1.29 is 65.4 Å². The smallest absolute Gasteiger partial charge is 0.399 e. The monoisotopic (exact) mass is 517 g/mol. The molecule has 0 aliphatic rings. The lowest BCUT2D eigenvalue weighted by Gasteiger charge is -2.14. The van der Waals surface area contributed by atoms with Gasteiger partial charge in [-0.2, -0.15) is 30.1 Å². The van der Waals surface area contributed by atoms with Gasteiger partial charge in [0.1, 0.15) is 12.4 Å². The number of nitrogens with two attached hydrogens (primary N) is 1. The number of hydrogen-bond acceptors (Lipinski definition) is 14. The molecule has 0 spiro atoms. The number of sulfone groups is 1. The molecule has 0 heterocycles. The normalized spacial score (nSPS) is 14.5. The van der Waals surface area contributed by atoms with Crippen LogP contribution in [0.3, 0.4) is 0 Å². The maximum atomic E-state index is 12.2. The fourth-order valence-corrected chi connectivity index (χ4v) is 4.75. The van der Waals surface area contributed by atoms with E-state index in [1.807, 2.05) is 0 Å². The van der Waals surface area contributed by atoms with Crippen LogP contribution in [0.5, 0.6) is 0 Å². The SMILES string of the molecule is Nc1ccc(S(=O)(=O)CC(OOS(=O)(=O)OCCOOS(=O)(=O)O)S(=O)(=O)O)cc1. The van der Waals surface area contributed by atoms with Gasteiger partial charge in [0, 0.05) is 5.69 Å². The molecule has 4 N–H and O–H groups in total. The summed E-state index contributed by atoms with van der Waals surface area (Å²) < 4.78 is 119. The molecule has 0 aromatic heterocycles. The molecule has 16 nitrogen and oxygen atoms in total. The highest BCUT2D eigenvalue weighted by Gasteiger charge is 2.34. The minimum atomic E-state index is -5.29. The first kappa shape index (κ1) is 26.6. The van der Waals surface area contributed by atoms with E-state index in [1.54, 1.807) is 0 Å². The predicted octanol–water partition coefficient (Wildman–Crippen LogP) is -1.78. The van der Waals surface area contributed by atoms with E-state index in [0.717, 1.165) is 12.1 Å². The molecule has 0 radical (unpaired) electrons. The van der Waals surface area contributed by atoms with Crippen molar-refractivity contribution in [2.24, 2.45) is 0 Å². The van der Waals surface area contributed by atoms with E-state index in [9.17, 15) is 33.7 Å². The van der Waals surface area contributed by atoms with E-state index >= 15 is 0 Å². The fourth-order valence-electron chi connectivity index (χ4n) is 1.49. The van der Waals surface area contributed by atoms with Crippen LogP contribution in [-0.4, -0.2) is 67.2 Å². The van der Waals surface area contributed by atoms with Crippen molar-refractivity contribution in [3.05, 3.63) is 24.3 Å². The van der Waals surface area contributed by atoms with Crippen LogP contribution in [-0.2, 0) is 63.4 Å². The molecular formula is C10H15NO15S4. The number of hydrogen-bond donors (Lipinski definition) is 3. The van der Waals surface area contributed by atoms with Crippen molar-refractivity contribution >= 4 is 46.4 Å². The topological polar surface area (TPSA) is 249 Å². The van der Waals surface area contributed by atoms with Gasteiger partial charge in [-0.15, -0.1) is 0 Å². The Balaban J connectivity index is 2.74. The van der Waals surface area contributed by atoms with E-state index in [-0.39, 0.29) is 5.69 Å². The van der Waals surface area contributed by atoms with E-state index in [4.69, 9.17) is 14.8 Å². The summed E-state index contributed by atoms with van der Waals surface area (Å²) in [7, 11) is -19.8. The van der Waals surface area contributed by atoms with E-state index in [0.29, 0.717) is 0 Å². The molecule has 0 amide bonds. The molecule has 30 heavy (non-hydrogen) atoms. The van der Waals surface area contributed by atoms with E-state index in [1.165, 1.54) is 12.1 Å². The number of nitrogen functional groups attached to an aromatic ring is 1. The second-order valence-corrected chi connectivity index (χ2v) is 10.8. The highest BCUT2D eigenvalue weighted by Crippen LogP contribution is 2.18. The van der Waals surface area contributed by atoms with Crippen LogP contribution in [0.2, 0.25) is 0 Å². The van der Waals surface area contributed by atoms with E-state index < -0.39 is 70.1 Å². The Morgan fingerprint density at radius 3 is 1.93 bits per heavy atom. The van der Waals surface area contributed by atoms with Gasteiger partial charge < -0.3 is 5.73 Å². The molecule has 0 bridgehead atoms. The molecule has 1 unspecified atom stereocenters. The molecule has 1 aromatic carbocycles. The summed E-state index contributed by atoms with van der Waals surface area (Å²) in [4.78, 5) is 7.44. The van der Waals surface area contributed by atoms with Gasteiger partial charge in [-0.3, -0.25) is 9.11 Å². The lowest BCUT2D eigenvalue weighted by atomic mass is 10.3. The zero-order valence-corrected chi connectivity index (χ0v) is 17.7. The summed E-state index contributed by atoms with van der Waals surface area (Å²) in [5, 5.41) is 0. The van der Waals surface area contributed by atoms with Gasteiger partial charge in [-0.25, -0.2) is 17.5 Å². The molecule has 0 saturated carbocycles. The molecule has 20 heteroatoms. The van der Waals surface area contributed by atoms with Crippen LogP contribution in [0.1, 0.15) is 0 Å². The van der Waals surface area contributed by atoms with Gasteiger partial charge in [0.2, 0.25) is 5.44 Å². The molecular weight excluding hydrogens is 502 g/mol. The zero-order chi connectivity index (χ0) is 23.2. The highest BCUT2D eigenvalue weighted by molar-refractivity contribution is 7.93. The summed E-state index contributed by atoms with van der Waals surface area (Å²) in [6.07, 6.45) is 0. The summed E-state index contributed by atoms with van der Waals surface area (Å²) in [6.45, 7) is -1.85. The Bertz CT molecular complexity index is 1120. The van der Waals surface area contributed by atoms with E-state index in [2.05, 4.69) is 22.6 Å². The predicted molar refractivity (Wildman–Crippen MR) is 93.9 cm³/mol. The third-order valence-corrected chi connectivity index (χ3v) is 6.51. The van der Waals surface area contributed by atoms with Crippen LogP contribution in [0.25, 0.3) is 0 Å². The molecule has 0 saturated heterocycles. The van der Waals surface area contributed by atoms with Gasteiger partial charge in [-0.1, -0.05) is 8.67 Å². The molecule has 1 aromatic rings. The average Bonchev–Trinajstić information content (AvgIpc) is 2.56. The van der Waals surface area contributed by atoms with Crippen LogP contribution in [0.4, 0.5) is 5.69 Å². The minimum Gasteiger partial charge on any atom is -0.399 e. The quantitative estimate of drug-likeness (QED) is 0.0859. The zero-order valence-electron chi connectivity index (χ0n) is 14.4. The molecule has 0 fully saturated rings. The lowest BCUT2D eigenvalue weighted by Crippen LogP contribution is -2.33. The van der Waals surface area contributed by atoms with Crippen LogP contribution < -0.4 is 5.73 Å². The summed E-state index contributed by atoms with van der Waals surface area (Å²) in [5.74, 6) is -1.45. The van der Waals surface area contributed by atoms with Crippen LogP contribution in [0.15, 0.2) is 29.2 Å². The van der Waals surface area contributed by atoms with Gasteiger partial charge in [0.15, 0.2) is 9.84 Å². The molecule has 0 aliphatic heterocycles. The Labute approximate surface area is 171 Å². The van der Waals surface area contributed by atoms with Crippen LogP contribution >= 0.6 is 0 Å². The number of anilines is 1. The fraction of sp³-hybridized carbons (Fsp3) is 0.400. The van der Waals surface area contributed by atoms with Gasteiger partial charge in [0.05, 0.1) is 11.5 Å². The molecule has 1 rings (SSSR count). The van der Waals surface area contributed by atoms with Crippen molar-refractivity contribution in [3.63, 3.8) is 0 Å². The average molecular weight is 517 g/mol. The Kier molecular flexibility index (Phi) is 9.06. The third kappa shape index (κ3) is 10.0. The molecule has 0 aliphatic carbocycles. The highest BCUT2D eigenvalue weighted by atomic mass is 32.3. The Morgan fingerprint density at radius 2 is 1.43 bits per heavy atom. The van der Waals surface area contributed by atoms with Gasteiger partial charge >= 0.3 is 20.8 Å². The van der Waals surface area contributed by atoms with Gasteiger partial charge in [0.25, 0.3) is 10.1 Å². The first-order valence-corrected chi connectivity index (χ1v) is 12.9.